The van der Waals surface area contributed by atoms with Crippen molar-refractivity contribution in [1.82, 2.24) is 0 Å². The highest BCUT2D eigenvalue weighted by Gasteiger charge is 2.11. The number of hydrogen-bond acceptors (Lipinski definition) is 3. The maximum absolute atomic E-state index is 11.2. The summed E-state index contributed by atoms with van der Waals surface area (Å²) in [5, 5.41) is 10.6. The number of aryl methyl sites for hydroxylation is 2. The van der Waals surface area contributed by atoms with Crippen LogP contribution in [-0.2, 0) is 0 Å². The number of hydrogen-bond donors (Lipinski definition) is 1. The Morgan fingerprint density at radius 1 is 1.33 bits per heavy atom. The molecule has 0 aliphatic carbocycles. The Morgan fingerprint density at radius 3 is 2.67 bits per heavy atom. The van der Waals surface area contributed by atoms with Crippen molar-refractivity contribution in [1.29, 1.82) is 0 Å². The van der Waals surface area contributed by atoms with Gasteiger partial charge in [-0.05, 0) is 48.1 Å². The molecule has 0 aliphatic rings. The summed E-state index contributed by atoms with van der Waals surface area (Å²) in [4.78, 5) is 11.2. The molecule has 2 rings (SSSR count). The van der Waals surface area contributed by atoms with Crippen LogP contribution < -0.4 is 5.63 Å². The Morgan fingerprint density at radius 2 is 2.00 bits per heavy atom. The summed E-state index contributed by atoms with van der Waals surface area (Å²) >= 11 is 2.05. The standard InChI is InChI=1S/C11H9IO3/c1-5-3-9(13)15-11-6(2)10(14)8(12)4-7(5)11/h3-4,14H,1-2H3. The van der Waals surface area contributed by atoms with Gasteiger partial charge in [0.25, 0.3) is 0 Å². The highest BCUT2D eigenvalue weighted by molar-refractivity contribution is 14.1. The highest BCUT2D eigenvalue weighted by Crippen LogP contribution is 2.31. The van der Waals surface area contributed by atoms with E-state index in [1.54, 1.807) is 6.92 Å². The average Bonchev–Trinajstić information content (AvgIpc) is 2.17. The van der Waals surface area contributed by atoms with Crippen molar-refractivity contribution < 1.29 is 9.52 Å². The molecule has 0 unspecified atom stereocenters. The molecule has 78 valence electrons. The number of phenols is 1. The summed E-state index contributed by atoms with van der Waals surface area (Å²) in [6, 6.07) is 3.27. The molecule has 0 spiro atoms. The minimum absolute atomic E-state index is 0.178. The van der Waals surface area contributed by atoms with Crippen LogP contribution in [0.3, 0.4) is 0 Å². The van der Waals surface area contributed by atoms with Crippen LogP contribution in [0.2, 0.25) is 0 Å². The summed E-state index contributed by atoms with van der Waals surface area (Å²) < 4.78 is 5.85. The van der Waals surface area contributed by atoms with Gasteiger partial charge in [-0.15, -0.1) is 0 Å². The number of rotatable bonds is 0. The SMILES string of the molecule is Cc1cc(=O)oc2c(C)c(O)c(I)cc12. The normalized spacial score (nSPS) is 10.9. The Balaban J connectivity index is 3.05. The Hall–Kier alpha value is -1.04. The number of phenolic OH excluding ortho intramolecular Hbond substituents is 1. The van der Waals surface area contributed by atoms with Crippen LogP contribution in [0.1, 0.15) is 11.1 Å². The van der Waals surface area contributed by atoms with Crippen molar-refractivity contribution in [2.75, 3.05) is 0 Å². The fourth-order valence-electron chi connectivity index (χ4n) is 1.56. The second-order valence-corrected chi connectivity index (χ2v) is 4.62. The first-order chi connectivity index (χ1) is 7.00. The van der Waals surface area contributed by atoms with E-state index in [0.29, 0.717) is 11.1 Å². The topological polar surface area (TPSA) is 50.4 Å². The Labute approximate surface area is 99.9 Å². The molecule has 0 aliphatic heterocycles. The van der Waals surface area contributed by atoms with Crippen LogP contribution in [-0.4, -0.2) is 5.11 Å². The fourth-order valence-corrected chi connectivity index (χ4v) is 2.27. The van der Waals surface area contributed by atoms with Gasteiger partial charge in [0.05, 0.1) is 3.57 Å². The average molecular weight is 316 g/mol. The maximum atomic E-state index is 11.2. The quantitative estimate of drug-likeness (QED) is 0.600. The zero-order valence-electron chi connectivity index (χ0n) is 8.30. The van der Waals surface area contributed by atoms with Crippen LogP contribution >= 0.6 is 22.6 Å². The van der Waals surface area contributed by atoms with E-state index in [2.05, 4.69) is 22.6 Å². The van der Waals surface area contributed by atoms with E-state index in [-0.39, 0.29) is 11.4 Å². The van der Waals surface area contributed by atoms with Gasteiger partial charge in [0.1, 0.15) is 11.3 Å². The third-order valence-corrected chi connectivity index (χ3v) is 3.22. The van der Waals surface area contributed by atoms with Crippen molar-refractivity contribution in [3.8, 4) is 5.75 Å². The summed E-state index contributed by atoms with van der Waals surface area (Å²) in [6.07, 6.45) is 0. The molecule has 0 amide bonds. The van der Waals surface area contributed by atoms with Gasteiger partial charge in [-0.25, -0.2) is 4.79 Å². The highest BCUT2D eigenvalue weighted by atomic mass is 127. The third kappa shape index (κ3) is 1.62. The number of benzene rings is 1. The van der Waals surface area contributed by atoms with Gasteiger partial charge in [0.2, 0.25) is 0 Å². The molecule has 0 saturated heterocycles. The molecule has 1 aromatic heterocycles. The molecule has 1 N–H and O–H groups in total. The van der Waals surface area contributed by atoms with Gasteiger partial charge in [0.15, 0.2) is 0 Å². The lowest BCUT2D eigenvalue weighted by molar-refractivity contribution is 0.464. The third-order valence-electron chi connectivity index (χ3n) is 2.40. The van der Waals surface area contributed by atoms with Crippen molar-refractivity contribution >= 4 is 33.6 Å². The Bertz CT molecular complexity index is 599. The van der Waals surface area contributed by atoms with E-state index in [1.807, 2.05) is 13.0 Å². The molecule has 0 atom stereocenters. The van der Waals surface area contributed by atoms with Gasteiger partial charge in [-0.2, -0.15) is 0 Å². The molecule has 2 aromatic rings. The lowest BCUT2D eigenvalue weighted by Gasteiger charge is -2.07. The lowest BCUT2D eigenvalue weighted by Crippen LogP contribution is -1.99. The van der Waals surface area contributed by atoms with Crippen LogP contribution in [0.4, 0.5) is 0 Å². The van der Waals surface area contributed by atoms with Crippen LogP contribution in [0.5, 0.6) is 5.75 Å². The van der Waals surface area contributed by atoms with Gasteiger partial charge in [-0.3, -0.25) is 0 Å². The minimum atomic E-state index is -0.385. The fraction of sp³-hybridized carbons (Fsp3) is 0.182. The smallest absolute Gasteiger partial charge is 0.336 e. The summed E-state index contributed by atoms with van der Waals surface area (Å²) in [6.45, 7) is 3.59. The summed E-state index contributed by atoms with van der Waals surface area (Å²) in [5.41, 5.74) is 1.56. The molecular formula is C11H9IO3. The zero-order chi connectivity index (χ0) is 11.2. The van der Waals surface area contributed by atoms with Crippen LogP contribution in [0.15, 0.2) is 21.3 Å². The van der Waals surface area contributed by atoms with Gasteiger partial charge in [0, 0.05) is 17.0 Å². The molecule has 0 radical (unpaired) electrons. The van der Waals surface area contributed by atoms with Crippen LogP contribution in [0.25, 0.3) is 11.0 Å². The first kappa shape index (κ1) is 10.5. The van der Waals surface area contributed by atoms with Crippen molar-refractivity contribution in [2.24, 2.45) is 0 Å². The molecule has 1 heterocycles. The van der Waals surface area contributed by atoms with E-state index in [9.17, 15) is 9.90 Å². The van der Waals surface area contributed by atoms with E-state index in [0.717, 1.165) is 14.5 Å². The molecule has 0 fully saturated rings. The predicted molar refractivity (Wildman–Crippen MR) is 66.3 cm³/mol. The first-order valence-electron chi connectivity index (χ1n) is 4.43. The van der Waals surface area contributed by atoms with Gasteiger partial charge >= 0.3 is 5.63 Å². The molecule has 4 heteroatoms. The van der Waals surface area contributed by atoms with Gasteiger partial charge in [-0.1, -0.05) is 0 Å². The summed E-state index contributed by atoms with van der Waals surface area (Å²) in [7, 11) is 0. The van der Waals surface area contributed by atoms with Crippen LogP contribution in [0, 0.1) is 17.4 Å². The minimum Gasteiger partial charge on any atom is -0.506 e. The molecule has 15 heavy (non-hydrogen) atoms. The first-order valence-corrected chi connectivity index (χ1v) is 5.51. The predicted octanol–water partition coefficient (Wildman–Crippen LogP) is 2.72. The second kappa shape index (κ2) is 3.52. The second-order valence-electron chi connectivity index (χ2n) is 3.46. The maximum Gasteiger partial charge on any atom is 0.336 e. The van der Waals surface area contributed by atoms with Crippen molar-refractivity contribution in [3.05, 3.63) is 37.2 Å². The zero-order valence-corrected chi connectivity index (χ0v) is 10.5. The monoisotopic (exact) mass is 316 g/mol. The molecule has 1 aromatic carbocycles. The van der Waals surface area contributed by atoms with E-state index < -0.39 is 0 Å². The largest absolute Gasteiger partial charge is 0.506 e. The summed E-state index contributed by atoms with van der Waals surface area (Å²) in [5.74, 6) is 0.178. The van der Waals surface area contributed by atoms with E-state index in [4.69, 9.17) is 4.42 Å². The molecular weight excluding hydrogens is 307 g/mol. The molecule has 0 bridgehead atoms. The molecule has 3 nitrogen and oxygen atoms in total. The lowest BCUT2D eigenvalue weighted by atomic mass is 10.1. The molecule has 0 saturated carbocycles. The van der Waals surface area contributed by atoms with E-state index >= 15 is 0 Å². The van der Waals surface area contributed by atoms with Crippen molar-refractivity contribution in [3.63, 3.8) is 0 Å². The number of aromatic hydroxyl groups is 1. The number of halogens is 1. The van der Waals surface area contributed by atoms with Crippen molar-refractivity contribution in [2.45, 2.75) is 13.8 Å². The van der Waals surface area contributed by atoms with Gasteiger partial charge < -0.3 is 9.52 Å². The van der Waals surface area contributed by atoms with E-state index in [1.165, 1.54) is 6.07 Å². The Kier molecular flexibility index (Phi) is 2.46. The number of fused-ring (bicyclic) bond motifs is 1.